The van der Waals surface area contributed by atoms with E-state index in [1.807, 2.05) is 38.1 Å². The Balaban J connectivity index is 2.25. The van der Waals surface area contributed by atoms with Crippen molar-refractivity contribution in [2.75, 3.05) is 7.11 Å². The molecule has 0 atom stereocenters. The van der Waals surface area contributed by atoms with E-state index in [1.165, 1.54) is 0 Å². The summed E-state index contributed by atoms with van der Waals surface area (Å²) < 4.78 is 6.98. The molecular weight excluding hydrogens is 290 g/mol. The Hall–Kier alpha value is -2.56. The maximum absolute atomic E-state index is 12.8. The lowest BCUT2D eigenvalue weighted by atomic mass is 10.1. The summed E-state index contributed by atoms with van der Waals surface area (Å²) in [4.78, 5) is 16.2. The number of aryl methyl sites for hydroxylation is 2. The molecule has 0 bridgehead atoms. The summed E-state index contributed by atoms with van der Waals surface area (Å²) >= 11 is 0. The van der Waals surface area contributed by atoms with Crippen molar-refractivity contribution in [2.24, 2.45) is 0 Å². The van der Waals surface area contributed by atoms with E-state index in [2.05, 4.69) is 17.0 Å². The summed E-state index contributed by atoms with van der Waals surface area (Å²) in [5.74, 6) is 0.789. The van der Waals surface area contributed by atoms with Crippen molar-refractivity contribution < 1.29 is 4.74 Å². The number of hydrogen-bond acceptors (Lipinski definition) is 3. The van der Waals surface area contributed by atoms with Crippen LogP contribution < -0.4 is 10.2 Å². The van der Waals surface area contributed by atoms with Crippen LogP contribution in [0.5, 0.6) is 5.75 Å². The number of hydrogen-bond donors (Lipinski definition) is 1. The van der Waals surface area contributed by atoms with Crippen LogP contribution in [0, 0.1) is 13.8 Å². The van der Waals surface area contributed by atoms with Crippen molar-refractivity contribution in [3.05, 3.63) is 51.4 Å². The first kappa shape index (κ1) is 15.3. The zero-order valence-corrected chi connectivity index (χ0v) is 13.9. The van der Waals surface area contributed by atoms with Gasteiger partial charge in [0.1, 0.15) is 11.4 Å². The number of nitrogens with zero attached hydrogens (tertiary/aromatic N) is 2. The van der Waals surface area contributed by atoms with Crippen molar-refractivity contribution in [1.82, 2.24) is 14.8 Å². The molecule has 3 aromatic rings. The van der Waals surface area contributed by atoms with Gasteiger partial charge in [-0.3, -0.25) is 4.79 Å². The summed E-state index contributed by atoms with van der Waals surface area (Å²) in [7, 11) is 1.64. The molecule has 3 rings (SSSR count). The summed E-state index contributed by atoms with van der Waals surface area (Å²) in [6.07, 6.45) is 1.73. The Labute approximate surface area is 134 Å². The first-order valence-corrected chi connectivity index (χ1v) is 7.82. The standard InChI is InChI=1S/C18H21N3O2/c1-5-6-15-11(2)19-18-16(17(15)22)12(3)20-21(18)13-7-9-14(23-4)10-8-13/h7-10H,5-6H2,1-4H3,(H,19,22). The van der Waals surface area contributed by atoms with Gasteiger partial charge < -0.3 is 9.72 Å². The largest absolute Gasteiger partial charge is 0.497 e. The smallest absolute Gasteiger partial charge is 0.196 e. The van der Waals surface area contributed by atoms with E-state index in [1.54, 1.807) is 11.8 Å². The summed E-state index contributed by atoms with van der Waals surface area (Å²) in [5, 5.41) is 5.24. The van der Waals surface area contributed by atoms with E-state index in [0.717, 1.165) is 46.9 Å². The quantitative estimate of drug-likeness (QED) is 0.804. The molecule has 5 nitrogen and oxygen atoms in total. The number of H-pyrrole nitrogens is 1. The third kappa shape index (κ3) is 2.52. The van der Waals surface area contributed by atoms with Gasteiger partial charge in [0.05, 0.1) is 23.9 Å². The van der Waals surface area contributed by atoms with Gasteiger partial charge in [0.15, 0.2) is 5.43 Å². The molecule has 2 aromatic heterocycles. The van der Waals surface area contributed by atoms with Gasteiger partial charge in [0.2, 0.25) is 0 Å². The fraction of sp³-hybridized carbons (Fsp3) is 0.333. The van der Waals surface area contributed by atoms with Crippen LogP contribution in [0.3, 0.4) is 0 Å². The highest BCUT2D eigenvalue weighted by Gasteiger charge is 2.17. The van der Waals surface area contributed by atoms with Crippen LogP contribution in [-0.4, -0.2) is 21.9 Å². The van der Waals surface area contributed by atoms with Crippen molar-refractivity contribution in [3.63, 3.8) is 0 Å². The zero-order chi connectivity index (χ0) is 16.6. The second kappa shape index (κ2) is 5.91. The molecule has 5 heteroatoms. The van der Waals surface area contributed by atoms with Crippen LogP contribution in [0.15, 0.2) is 29.1 Å². The molecule has 0 fully saturated rings. The van der Waals surface area contributed by atoms with Crippen molar-refractivity contribution >= 4 is 11.0 Å². The Kier molecular flexibility index (Phi) is 3.94. The number of benzene rings is 1. The van der Waals surface area contributed by atoms with Crippen molar-refractivity contribution in [3.8, 4) is 11.4 Å². The van der Waals surface area contributed by atoms with E-state index in [9.17, 15) is 4.79 Å². The van der Waals surface area contributed by atoms with Gasteiger partial charge in [-0.15, -0.1) is 0 Å². The normalized spacial score (nSPS) is 11.1. The first-order chi connectivity index (χ1) is 11.1. The van der Waals surface area contributed by atoms with Gasteiger partial charge in [-0.05, 0) is 44.5 Å². The predicted octanol–water partition coefficient (Wildman–Crippen LogP) is 3.29. The van der Waals surface area contributed by atoms with Gasteiger partial charge in [0, 0.05) is 11.3 Å². The van der Waals surface area contributed by atoms with Crippen molar-refractivity contribution in [2.45, 2.75) is 33.6 Å². The molecule has 0 aliphatic carbocycles. The molecule has 0 unspecified atom stereocenters. The highest BCUT2D eigenvalue weighted by atomic mass is 16.5. The minimum Gasteiger partial charge on any atom is -0.497 e. The van der Waals surface area contributed by atoms with E-state index in [4.69, 9.17) is 4.74 Å². The average molecular weight is 311 g/mol. The van der Waals surface area contributed by atoms with Gasteiger partial charge in [-0.2, -0.15) is 5.10 Å². The number of aromatic amines is 1. The molecule has 1 N–H and O–H groups in total. The topological polar surface area (TPSA) is 59.9 Å². The second-order valence-electron chi connectivity index (χ2n) is 5.73. The van der Waals surface area contributed by atoms with Gasteiger partial charge >= 0.3 is 0 Å². The Morgan fingerprint density at radius 2 is 1.91 bits per heavy atom. The maximum atomic E-state index is 12.8. The van der Waals surface area contributed by atoms with Crippen LogP contribution in [0.4, 0.5) is 0 Å². The number of rotatable bonds is 4. The number of fused-ring (bicyclic) bond motifs is 1. The number of pyridine rings is 1. The lowest BCUT2D eigenvalue weighted by molar-refractivity contribution is 0.414. The number of nitrogens with one attached hydrogen (secondary N) is 1. The highest BCUT2D eigenvalue weighted by molar-refractivity contribution is 5.80. The van der Waals surface area contributed by atoms with E-state index >= 15 is 0 Å². The molecule has 0 saturated heterocycles. The minimum atomic E-state index is 0.0929. The second-order valence-corrected chi connectivity index (χ2v) is 5.73. The van der Waals surface area contributed by atoms with E-state index in [-0.39, 0.29) is 5.43 Å². The molecule has 1 aromatic carbocycles. The summed E-state index contributed by atoms with van der Waals surface area (Å²) in [5.41, 5.74) is 4.25. The van der Waals surface area contributed by atoms with Crippen LogP contribution in [0.25, 0.3) is 16.7 Å². The molecule has 0 spiro atoms. The monoisotopic (exact) mass is 311 g/mol. The number of aromatic nitrogens is 3. The van der Waals surface area contributed by atoms with Gasteiger partial charge in [0.25, 0.3) is 0 Å². The SMILES string of the molecule is CCCc1c(C)[nH]c2c(c(C)nn2-c2ccc(OC)cc2)c1=O. The lowest BCUT2D eigenvalue weighted by Crippen LogP contribution is -2.13. The third-order valence-electron chi connectivity index (χ3n) is 4.14. The van der Waals surface area contributed by atoms with Crippen LogP contribution in [-0.2, 0) is 6.42 Å². The molecule has 0 aliphatic rings. The summed E-state index contributed by atoms with van der Waals surface area (Å²) in [6.45, 7) is 5.91. The molecule has 0 radical (unpaired) electrons. The predicted molar refractivity (Wildman–Crippen MR) is 91.7 cm³/mol. The van der Waals surface area contributed by atoms with Gasteiger partial charge in [-0.1, -0.05) is 13.3 Å². The van der Waals surface area contributed by atoms with Gasteiger partial charge in [-0.25, -0.2) is 4.68 Å². The highest BCUT2D eigenvalue weighted by Crippen LogP contribution is 2.21. The molecule has 120 valence electrons. The molecule has 23 heavy (non-hydrogen) atoms. The Bertz CT molecular complexity index is 905. The molecule has 2 heterocycles. The fourth-order valence-corrected chi connectivity index (χ4v) is 2.95. The fourth-order valence-electron chi connectivity index (χ4n) is 2.95. The van der Waals surface area contributed by atoms with Crippen LogP contribution in [0.1, 0.15) is 30.3 Å². The molecular formula is C18H21N3O2. The van der Waals surface area contributed by atoms with Crippen LogP contribution >= 0.6 is 0 Å². The maximum Gasteiger partial charge on any atom is 0.196 e. The van der Waals surface area contributed by atoms with E-state index in [0.29, 0.717) is 5.39 Å². The van der Waals surface area contributed by atoms with Crippen molar-refractivity contribution in [1.29, 1.82) is 0 Å². The third-order valence-corrected chi connectivity index (χ3v) is 4.14. The lowest BCUT2D eigenvalue weighted by Gasteiger charge is -2.08. The summed E-state index contributed by atoms with van der Waals surface area (Å²) in [6, 6.07) is 7.62. The first-order valence-electron chi connectivity index (χ1n) is 7.82. The van der Waals surface area contributed by atoms with E-state index < -0.39 is 0 Å². The zero-order valence-electron chi connectivity index (χ0n) is 13.9. The molecule has 0 saturated carbocycles. The Morgan fingerprint density at radius 1 is 1.22 bits per heavy atom. The molecule has 0 aliphatic heterocycles. The number of ether oxygens (including phenoxy) is 1. The average Bonchev–Trinajstić information content (AvgIpc) is 2.88. The molecule has 0 amide bonds. The minimum absolute atomic E-state index is 0.0929. The Morgan fingerprint density at radius 3 is 2.52 bits per heavy atom. The number of methoxy groups -OCH3 is 1. The van der Waals surface area contributed by atoms with Crippen LogP contribution in [0.2, 0.25) is 0 Å².